The molecule has 0 fully saturated rings. The van der Waals surface area contributed by atoms with Crippen LogP contribution in [0.2, 0.25) is 0 Å². The number of pyridine rings is 1. The van der Waals surface area contributed by atoms with Crippen molar-refractivity contribution in [3.63, 3.8) is 0 Å². The Kier molecular flexibility index (Phi) is 3.74. The molecule has 0 atom stereocenters. The van der Waals surface area contributed by atoms with Crippen molar-refractivity contribution in [2.24, 2.45) is 0 Å². The maximum Gasteiger partial charge on any atom is 0.276 e. The van der Waals surface area contributed by atoms with Crippen molar-refractivity contribution in [2.75, 3.05) is 6.26 Å². The fourth-order valence-electron chi connectivity index (χ4n) is 1.67. The molecule has 0 aromatic carbocycles. The lowest BCUT2D eigenvalue weighted by atomic mass is 10.5. The van der Waals surface area contributed by atoms with Crippen LogP contribution < -0.4 is 0 Å². The van der Waals surface area contributed by atoms with Crippen LogP contribution in [0.3, 0.4) is 0 Å². The molecule has 0 spiro atoms. The third kappa shape index (κ3) is 2.93. The highest BCUT2D eigenvalue weighted by molar-refractivity contribution is 7.98. The molecule has 0 aliphatic heterocycles. The molecule has 5 nitrogen and oxygen atoms in total. The first kappa shape index (κ1) is 12.6. The molecule has 0 radical (unpaired) electrons. The Morgan fingerprint density at radius 1 is 1.26 bits per heavy atom. The summed E-state index contributed by atoms with van der Waals surface area (Å²) in [5, 5.41) is 8.58. The number of hydrogen-bond donors (Lipinski definition) is 0. The van der Waals surface area contributed by atoms with Crippen LogP contribution in [0.5, 0.6) is 0 Å². The largest absolute Gasteiger partial charge is 0.415 e. The summed E-state index contributed by atoms with van der Waals surface area (Å²) < 4.78 is 7.51. The van der Waals surface area contributed by atoms with Crippen LogP contribution in [-0.2, 0) is 11.5 Å². The predicted octanol–water partition coefficient (Wildman–Crippen LogP) is 2.87. The molecule has 19 heavy (non-hydrogen) atoms. The zero-order valence-electron chi connectivity index (χ0n) is 10.3. The van der Waals surface area contributed by atoms with E-state index in [-0.39, 0.29) is 0 Å². The Morgan fingerprint density at radius 2 is 2.21 bits per heavy atom. The van der Waals surface area contributed by atoms with Gasteiger partial charge in [-0.2, -0.15) is 11.8 Å². The molecule has 0 amide bonds. The molecule has 0 aliphatic rings. The number of fused-ring (bicyclic) bond motifs is 1. The van der Waals surface area contributed by atoms with Gasteiger partial charge in [-0.3, -0.25) is 0 Å². The molecule has 0 saturated carbocycles. The Hall–Kier alpha value is -1.47. The van der Waals surface area contributed by atoms with Crippen molar-refractivity contribution in [1.82, 2.24) is 19.6 Å². The molecule has 3 rings (SSSR count). The number of nitrogens with zero attached hydrogens (tertiary/aromatic N) is 4. The van der Waals surface area contributed by atoms with Crippen molar-refractivity contribution < 1.29 is 4.42 Å². The summed E-state index contributed by atoms with van der Waals surface area (Å²) in [7, 11) is 0. The van der Waals surface area contributed by atoms with Gasteiger partial charge in [0, 0.05) is 18.1 Å². The number of thioether (sulfide) groups is 2. The minimum atomic E-state index is 0.598. The van der Waals surface area contributed by atoms with E-state index in [9.17, 15) is 0 Å². The van der Waals surface area contributed by atoms with E-state index in [1.165, 1.54) is 11.8 Å². The molecule has 0 aliphatic carbocycles. The number of aromatic nitrogens is 4. The minimum absolute atomic E-state index is 0.598. The van der Waals surface area contributed by atoms with Gasteiger partial charge in [-0.25, -0.2) is 4.98 Å². The van der Waals surface area contributed by atoms with E-state index in [0.29, 0.717) is 11.1 Å². The highest BCUT2D eigenvalue weighted by atomic mass is 32.2. The van der Waals surface area contributed by atoms with Crippen LogP contribution >= 0.6 is 23.5 Å². The lowest BCUT2D eigenvalue weighted by Crippen LogP contribution is -1.79. The smallest absolute Gasteiger partial charge is 0.276 e. The molecular weight excluding hydrogens is 280 g/mol. The van der Waals surface area contributed by atoms with Crippen molar-refractivity contribution >= 4 is 29.2 Å². The van der Waals surface area contributed by atoms with Gasteiger partial charge in [0.15, 0.2) is 0 Å². The topological polar surface area (TPSA) is 56.2 Å². The number of imidazole rings is 1. The summed E-state index contributed by atoms with van der Waals surface area (Å²) in [5.74, 6) is 2.15. The van der Waals surface area contributed by atoms with Crippen molar-refractivity contribution in [3.05, 3.63) is 42.2 Å². The van der Waals surface area contributed by atoms with Crippen molar-refractivity contribution in [2.45, 2.75) is 16.7 Å². The van der Waals surface area contributed by atoms with E-state index in [1.54, 1.807) is 11.8 Å². The van der Waals surface area contributed by atoms with E-state index in [2.05, 4.69) is 15.2 Å². The van der Waals surface area contributed by atoms with Gasteiger partial charge in [0.05, 0.1) is 11.4 Å². The summed E-state index contributed by atoms with van der Waals surface area (Å²) in [6.45, 7) is 0. The highest BCUT2D eigenvalue weighted by Crippen LogP contribution is 2.22. The Bertz CT molecular complexity index is 646. The van der Waals surface area contributed by atoms with E-state index >= 15 is 0 Å². The van der Waals surface area contributed by atoms with Gasteiger partial charge in [-0.15, -0.1) is 10.2 Å². The van der Waals surface area contributed by atoms with E-state index in [4.69, 9.17) is 4.42 Å². The van der Waals surface area contributed by atoms with E-state index in [1.807, 2.05) is 41.2 Å². The molecule has 98 valence electrons. The highest BCUT2D eigenvalue weighted by Gasteiger charge is 2.08. The van der Waals surface area contributed by atoms with Crippen LogP contribution in [0.4, 0.5) is 0 Å². The standard InChI is InChI=1S/C12H12N4OS2/c1-18-8-11-14-15-12(17-11)19-7-9-6-16-5-3-2-4-10(16)13-9/h2-6H,7-8H2,1H3. The van der Waals surface area contributed by atoms with Gasteiger partial charge >= 0.3 is 0 Å². The lowest BCUT2D eigenvalue weighted by Gasteiger charge is -1.91. The average Bonchev–Trinajstić information content (AvgIpc) is 3.02. The molecule has 0 unspecified atom stereocenters. The van der Waals surface area contributed by atoms with Gasteiger partial charge in [0.25, 0.3) is 5.22 Å². The SMILES string of the molecule is CSCc1nnc(SCc2cn3ccccc3n2)o1. The van der Waals surface area contributed by atoms with Crippen molar-refractivity contribution in [3.8, 4) is 0 Å². The summed E-state index contributed by atoms with van der Waals surface area (Å²) in [5.41, 5.74) is 1.95. The lowest BCUT2D eigenvalue weighted by molar-refractivity contribution is 0.426. The average molecular weight is 292 g/mol. The van der Waals surface area contributed by atoms with Crippen LogP contribution in [0, 0.1) is 0 Å². The summed E-state index contributed by atoms with van der Waals surface area (Å²) >= 11 is 3.17. The van der Waals surface area contributed by atoms with Crippen LogP contribution in [-0.4, -0.2) is 25.8 Å². The van der Waals surface area contributed by atoms with Gasteiger partial charge < -0.3 is 8.82 Å². The Labute approximate surface area is 118 Å². The molecular formula is C12H12N4OS2. The number of hydrogen-bond acceptors (Lipinski definition) is 6. The van der Waals surface area contributed by atoms with Crippen LogP contribution in [0.25, 0.3) is 5.65 Å². The first-order valence-electron chi connectivity index (χ1n) is 5.72. The van der Waals surface area contributed by atoms with Gasteiger partial charge in [-0.1, -0.05) is 17.8 Å². The Balaban J connectivity index is 1.67. The van der Waals surface area contributed by atoms with Gasteiger partial charge in [0.2, 0.25) is 5.89 Å². The number of rotatable bonds is 5. The second-order valence-electron chi connectivity index (χ2n) is 3.88. The zero-order chi connectivity index (χ0) is 13.1. The minimum Gasteiger partial charge on any atom is -0.415 e. The molecule has 3 heterocycles. The normalized spacial score (nSPS) is 11.2. The first-order chi connectivity index (χ1) is 9.35. The predicted molar refractivity (Wildman–Crippen MR) is 76.3 cm³/mol. The Morgan fingerprint density at radius 3 is 3.05 bits per heavy atom. The molecule has 0 N–H and O–H groups in total. The molecule has 0 saturated heterocycles. The van der Waals surface area contributed by atoms with Crippen LogP contribution in [0.1, 0.15) is 11.6 Å². The monoisotopic (exact) mass is 292 g/mol. The fraction of sp³-hybridized carbons (Fsp3) is 0.250. The molecule has 0 bridgehead atoms. The van der Waals surface area contributed by atoms with Crippen LogP contribution in [0.15, 0.2) is 40.2 Å². The third-order valence-electron chi connectivity index (χ3n) is 2.47. The summed E-state index contributed by atoms with van der Waals surface area (Å²) in [6.07, 6.45) is 6.01. The summed E-state index contributed by atoms with van der Waals surface area (Å²) in [6, 6.07) is 5.95. The van der Waals surface area contributed by atoms with E-state index < -0.39 is 0 Å². The third-order valence-corrected chi connectivity index (χ3v) is 3.86. The second-order valence-corrected chi connectivity index (χ2v) is 5.67. The van der Waals surface area contributed by atoms with Gasteiger partial charge in [-0.05, 0) is 18.4 Å². The van der Waals surface area contributed by atoms with Gasteiger partial charge in [0.1, 0.15) is 5.65 Å². The molecule has 7 heteroatoms. The van der Waals surface area contributed by atoms with E-state index in [0.717, 1.165) is 22.8 Å². The molecule has 3 aromatic rings. The maximum absolute atomic E-state index is 5.51. The quantitative estimate of drug-likeness (QED) is 0.674. The zero-order valence-corrected chi connectivity index (χ0v) is 11.9. The van der Waals surface area contributed by atoms with Crippen molar-refractivity contribution in [1.29, 1.82) is 0 Å². The summed E-state index contributed by atoms with van der Waals surface area (Å²) in [4.78, 5) is 4.52. The second kappa shape index (κ2) is 5.66. The first-order valence-corrected chi connectivity index (χ1v) is 8.10. The molecule has 3 aromatic heterocycles. The maximum atomic E-state index is 5.51. The fourth-order valence-corrected chi connectivity index (χ4v) is 2.70.